The number of nitrogens with one attached hydrogen (secondary N) is 1. The van der Waals surface area contributed by atoms with E-state index in [1.807, 2.05) is 0 Å². The third-order valence-corrected chi connectivity index (χ3v) is 4.08. The summed E-state index contributed by atoms with van der Waals surface area (Å²) in [5, 5.41) is 3.06. The van der Waals surface area contributed by atoms with Gasteiger partial charge in [0.1, 0.15) is 0 Å². The molecule has 1 saturated carbocycles. The number of rotatable bonds is 4. The highest BCUT2D eigenvalue weighted by Crippen LogP contribution is 2.27. The summed E-state index contributed by atoms with van der Waals surface area (Å²) in [5.41, 5.74) is 8.18. The molecule has 0 radical (unpaired) electrons. The Morgan fingerprint density at radius 1 is 1.32 bits per heavy atom. The summed E-state index contributed by atoms with van der Waals surface area (Å²) in [5.74, 6) is 0.283. The summed E-state index contributed by atoms with van der Waals surface area (Å²) in [6.45, 7) is 7.06. The molecule has 1 amide bonds. The maximum absolute atomic E-state index is 11.9. The SMILES string of the molecule is Cc1ccc(C(C)(C)CNC(=O)C2CC(N)C2)cc1. The van der Waals surface area contributed by atoms with Crippen LogP contribution in [0.3, 0.4) is 0 Å². The molecule has 0 atom stereocenters. The van der Waals surface area contributed by atoms with Crippen LogP contribution in [-0.2, 0) is 10.2 Å². The van der Waals surface area contributed by atoms with E-state index >= 15 is 0 Å². The van der Waals surface area contributed by atoms with Crippen LogP contribution < -0.4 is 11.1 Å². The van der Waals surface area contributed by atoms with Crippen molar-refractivity contribution in [3.63, 3.8) is 0 Å². The molecule has 19 heavy (non-hydrogen) atoms. The fourth-order valence-corrected chi connectivity index (χ4v) is 2.44. The first-order valence-corrected chi connectivity index (χ1v) is 6.99. The van der Waals surface area contributed by atoms with E-state index in [2.05, 4.69) is 50.4 Å². The number of amides is 1. The standard InChI is InChI=1S/C16H24N2O/c1-11-4-6-13(7-5-11)16(2,3)10-18-15(19)12-8-14(17)9-12/h4-7,12,14H,8-10,17H2,1-3H3,(H,18,19). The molecule has 0 spiro atoms. The van der Waals surface area contributed by atoms with Gasteiger partial charge in [0, 0.05) is 23.9 Å². The van der Waals surface area contributed by atoms with E-state index < -0.39 is 0 Å². The maximum atomic E-state index is 11.9. The number of carbonyl (C=O) groups is 1. The highest BCUT2D eigenvalue weighted by molar-refractivity contribution is 5.79. The van der Waals surface area contributed by atoms with E-state index in [-0.39, 0.29) is 23.3 Å². The predicted octanol–water partition coefficient (Wildman–Crippen LogP) is 2.13. The molecule has 104 valence electrons. The highest BCUT2D eigenvalue weighted by Gasteiger charge is 2.32. The van der Waals surface area contributed by atoms with Crippen LogP contribution in [0, 0.1) is 12.8 Å². The number of aryl methyl sites for hydroxylation is 1. The van der Waals surface area contributed by atoms with Crippen molar-refractivity contribution in [1.82, 2.24) is 5.32 Å². The minimum Gasteiger partial charge on any atom is -0.355 e. The lowest BCUT2D eigenvalue weighted by molar-refractivity contribution is -0.128. The zero-order valence-corrected chi connectivity index (χ0v) is 12.1. The van der Waals surface area contributed by atoms with Crippen LogP contribution in [0.15, 0.2) is 24.3 Å². The lowest BCUT2D eigenvalue weighted by Crippen LogP contribution is -2.47. The Balaban J connectivity index is 1.90. The lowest BCUT2D eigenvalue weighted by Gasteiger charge is -2.33. The second kappa shape index (κ2) is 5.33. The van der Waals surface area contributed by atoms with Gasteiger partial charge in [0.2, 0.25) is 5.91 Å². The Labute approximate surface area is 115 Å². The number of nitrogens with two attached hydrogens (primary N) is 1. The van der Waals surface area contributed by atoms with Gasteiger partial charge in [-0.05, 0) is 25.3 Å². The van der Waals surface area contributed by atoms with E-state index in [0.717, 1.165) is 12.8 Å². The number of carbonyl (C=O) groups excluding carboxylic acids is 1. The smallest absolute Gasteiger partial charge is 0.223 e. The van der Waals surface area contributed by atoms with Crippen LogP contribution in [-0.4, -0.2) is 18.5 Å². The number of hydrogen-bond donors (Lipinski definition) is 2. The predicted molar refractivity (Wildman–Crippen MR) is 77.9 cm³/mol. The van der Waals surface area contributed by atoms with E-state index in [1.54, 1.807) is 0 Å². The molecule has 0 bridgehead atoms. The Morgan fingerprint density at radius 3 is 2.42 bits per heavy atom. The largest absolute Gasteiger partial charge is 0.355 e. The first-order valence-electron chi connectivity index (χ1n) is 6.99. The van der Waals surface area contributed by atoms with Gasteiger partial charge in [0.25, 0.3) is 0 Å². The number of hydrogen-bond acceptors (Lipinski definition) is 2. The second-order valence-electron chi connectivity index (χ2n) is 6.40. The molecular formula is C16H24N2O. The first kappa shape index (κ1) is 14.1. The van der Waals surface area contributed by atoms with Gasteiger partial charge < -0.3 is 11.1 Å². The fraction of sp³-hybridized carbons (Fsp3) is 0.562. The van der Waals surface area contributed by atoms with Gasteiger partial charge in [-0.15, -0.1) is 0 Å². The molecule has 2 rings (SSSR count). The highest BCUT2D eigenvalue weighted by atomic mass is 16.1. The molecule has 1 fully saturated rings. The van der Waals surface area contributed by atoms with E-state index in [1.165, 1.54) is 11.1 Å². The van der Waals surface area contributed by atoms with Gasteiger partial charge in [0.15, 0.2) is 0 Å². The normalized spacial score (nSPS) is 22.7. The van der Waals surface area contributed by atoms with Crippen molar-refractivity contribution in [3.8, 4) is 0 Å². The maximum Gasteiger partial charge on any atom is 0.223 e. The van der Waals surface area contributed by atoms with Crippen molar-refractivity contribution >= 4 is 5.91 Å². The molecule has 0 unspecified atom stereocenters. The molecule has 1 aliphatic carbocycles. The van der Waals surface area contributed by atoms with Crippen LogP contribution in [0.1, 0.15) is 37.8 Å². The Kier molecular flexibility index (Phi) is 3.95. The summed E-state index contributed by atoms with van der Waals surface area (Å²) in [6, 6.07) is 8.73. The molecule has 1 aromatic rings. The average molecular weight is 260 g/mol. The summed E-state index contributed by atoms with van der Waals surface area (Å²) in [4.78, 5) is 11.9. The average Bonchev–Trinajstić information content (AvgIpc) is 2.33. The topological polar surface area (TPSA) is 55.1 Å². The van der Waals surface area contributed by atoms with Gasteiger partial charge in [-0.25, -0.2) is 0 Å². The van der Waals surface area contributed by atoms with Crippen LogP contribution in [0.25, 0.3) is 0 Å². The van der Waals surface area contributed by atoms with Gasteiger partial charge in [-0.2, -0.15) is 0 Å². The summed E-state index contributed by atoms with van der Waals surface area (Å²) in [7, 11) is 0. The molecule has 1 aromatic carbocycles. The number of benzene rings is 1. The Morgan fingerprint density at radius 2 is 1.89 bits per heavy atom. The molecule has 1 aliphatic rings. The minimum absolute atomic E-state index is 0.0464. The van der Waals surface area contributed by atoms with Gasteiger partial charge in [0.05, 0.1) is 0 Å². The van der Waals surface area contributed by atoms with Crippen LogP contribution in [0.4, 0.5) is 0 Å². The summed E-state index contributed by atoms with van der Waals surface area (Å²) in [6.07, 6.45) is 1.66. The second-order valence-corrected chi connectivity index (χ2v) is 6.40. The molecule has 3 nitrogen and oxygen atoms in total. The molecule has 3 N–H and O–H groups in total. The molecular weight excluding hydrogens is 236 g/mol. The molecule has 0 heterocycles. The quantitative estimate of drug-likeness (QED) is 0.871. The summed E-state index contributed by atoms with van der Waals surface area (Å²) < 4.78 is 0. The van der Waals surface area contributed by atoms with Gasteiger partial charge in [-0.1, -0.05) is 43.7 Å². The Hall–Kier alpha value is -1.35. The van der Waals surface area contributed by atoms with Crippen molar-refractivity contribution < 1.29 is 4.79 Å². The minimum atomic E-state index is -0.0464. The van der Waals surface area contributed by atoms with Crippen LogP contribution >= 0.6 is 0 Å². The van der Waals surface area contributed by atoms with E-state index in [4.69, 9.17) is 5.73 Å². The molecule has 0 aliphatic heterocycles. The molecule has 0 saturated heterocycles. The zero-order chi connectivity index (χ0) is 14.0. The summed E-state index contributed by atoms with van der Waals surface area (Å²) >= 11 is 0. The van der Waals surface area contributed by atoms with Gasteiger partial charge in [-0.3, -0.25) is 4.79 Å². The Bertz CT molecular complexity index is 444. The van der Waals surface area contributed by atoms with E-state index in [0.29, 0.717) is 6.54 Å². The van der Waals surface area contributed by atoms with Crippen molar-refractivity contribution in [3.05, 3.63) is 35.4 Å². The third kappa shape index (κ3) is 3.35. The molecule has 3 heteroatoms. The molecule has 0 aromatic heterocycles. The zero-order valence-electron chi connectivity index (χ0n) is 12.1. The first-order chi connectivity index (χ1) is 8.88. The van der Waals surface area contributed by atoms with Crippen LogP contribution in [0.5, 0.6) is 0 Å². The third-order valence-electron chi connectivity index (χ3n) is 4.08. The van der Waals surface area contributed by atoms with Gasteiger partial charge >= 0.3 is 0 Å². The monoisotopic (exact) mass is 260 g/mol. The van der Waals surface area contributed by atoms with E-state index in [9.17, 15) is 4.79 Å². The van der Waals surface area contributed by atoms with Crippen LogP contribution in [0.2, 0.25) is 0 Å². The fourth-order valence-electron chi connectivity index (χ4n) is 2.44. The van der Waals surface area contributed by atoms with Crippen molar-refractivity contribution in [1.29, 1.82) is 0 Å². The lowest BCUT2D eigenvalue weighted by atomic mass is 9.79. The van der Waals surface area contributed by atoms with Crippen molar-refractivity contribution in [2.75, 3.05) is 6.54 Å². The van der Waals surface area contributed by atoms with Crippen molar-refractivity contribution in [2.45, 2.75) is 45.1 Å². The van der Waals surface area contributed by atoms with Crippen molar-refractivity contribution in [2.24, 2.45) is 11.7 Å².